The first-order valence-electron chi connectivity index (χ1n) is 23.3. The second-order valence-corrected chi connectivity index (χ2v) is 16.6. The predicted molar refractivity (Wildman–Crippen MR) is 279 cm³/mol. The van der Waals surface area contributed by atoms with E-state index in [1.165, 1.54) is 19.1 Å². The zero-order valence-electron chi connectivity index (χ0n) is 41.1. The van der Waals surface area contributed by atoms with Crippen LogP contribution in [0.15, 0.2) is 172 Å². The number of hydrogen-bond acceptors (Lipinski definition) is 13. The standard InChI is InChI=1S/C60H58O13/c1-9-14-41-19-25-47(26-20-41)70-52-32-44(17-12-4)31-51(58(52)68-39(7)62)66-37-50(64)57(65)46-35-55(67-38(6)61)59(69-40(8)63)56(36-46)73-54-34-45(18-13-5)33-53(71-48-27-21-42(15-10-2)22-28-48)60(54)72-49-29-23-43(16-11-3)24-30-49/h9-13,19-36,50,57,64-65H,1-5,14-18,37H2,6-8H3. The van der Waals surface area contributed by atoms with Crippen LogP contribution in [0.4, 0.5) is 0 Å². The van der Waals surface area contributed by atoms with Gasteiger partial charge < -0.3 is 48.1 Å². The molecule has 2 atom stereocenters. The van der Waals surface area contributed by atoms with Crippen LogP contribution in [0.25, 0.3) is 0 Å². The summed E-state index contributed by atoms with van der Waals surface area (Å²) in [6.07, 6.45) is 7.93. The molecule has 376 valence electrons. The Hall–Kier alpha value is -8.65. The zero-order chi connectivity index (χ0) is 52.4. The van der Waals surface area contributed by atoms with E-state index < -0.39 is 36.7 Å². The molecular weight excluding hydrogens is 929 g/mol. The molecule has 0 aromatic heterocycles. The summed E-state index contributed by atoms with van der Waals surface area (Å²) in [5.41, 5.74) is 4.32. The van der Waals surface area contributed by atoms with Gasteiger partial charge in [0.05, 0.1) is 0 Å². The zero-order valence-corrected chi connectivity index (χ0v) is 41.1. The van der Waals surface area contributed by atoms with Gasteiger partial charge in [-0.1, -0.05) is 66.8 Å². The highest BCUT2D eigenvalue weighted by molar-refractivity contribution is 5.76. The van der Waals surface area contributed by atoms with Gasteiger partial charge in [-0.15, -0.1) is 32.9 Å². The fourth-order valence-corrected chi connectivity index (χ4v) is 7.39. The van der Waals surface area contributed by atoms with Crippen molar-refractivity contribution in [1.82, 2.24) is 0 Å². The van der Waals surface area contributed by atoms with Gasteiger partial charge in [-0.25, -0.2) is 0 Å². The van der Waals surface area contributed by atoms with Crippen LogP contribution < -0.4 is 37.9 Å². The van der Waals surface area contributed by atoms with Crippen LogP contribution >= 0.6 is 0 Å². The maximum Gasteiger partial charge on any atom is 0.308 e. The Bertz CT molecular complexity index is 2950. The van der Waals surface area contributed by atoms with Gasteiger partial charge in [0.25, 0.3) is 0 Å². The van der Waals surface area contributed by atoms with E-state index in [0.29, 0.717) is 60.5 Å². The van der Waals surface area contributed by atoms with Crippen molar-refractivity contribution in [2.24, 2.45) is 0 Å². The summed E-state index contributed by atoms with van der Waals surface area (Å²) in [4.78, 5) is 37.8. The fourth-order valence-electron chi connectivity index (χ4n) is 7.39. The summed E-state index contributed by atoms with van der Waals surface area (Å²) in [6.45, 7) is 22.1. The lowest BCUT2D eigenvalue weighted by atomic mass is 10.0. The number of carbonyl (C=O) groups excluding carboxylic acids is 3. The van der Waals surface area contributed by atoms with Gasteiger partial charge in [0.15, 0.2) is 34.5 Å². The Morgan fingerprint density at radius 3 is 1.19 bits per heavy atom. The Kier molecular flexibility index (Phi) is 19.1. The van der Waals surface area contributed by atoms with Gasteiger partial charge in [-0.2, -0.15) is 0 Å². The number of ether oxygens (including phenoxy) is 8. The molecule has 0 heterocycles. The van der Waals surface area contributed by atoms with E-state index in [1.54, 1.807) is 78.9 Å². The third kappa shape index (κ3) is 15.2. The van der Waals surface area contributed by atoms with Crippen molar-refractivity contribution in [3.8, 4) is 69.0 Å². The third-order valence-corrected chi connectivity index (χ3v) is 10.6. The van der Waals surface area contributed by atoms with Crippen LogP contribution in [0.2, 0.25) is 0 Å². The molecule has 6 aromatic rings. The second kappa shape index (κ2) is 26.0. The van der Waals surface area contributed by atoms with Crippen LogP contribution in [-0.2, 0) is 46.5 Å². The van der Waals surface area contributed by atoms with E-state index in [-0.39, 0.29) is 57.3 Å². The van der Waals surface area contributed by atoms with E-state index >= 15 is 0 Å². The van der Waals surface area contributed by atoms with Crippen molar-refractivity contribution < 1.29 is 62.5 Å². The topological polar surface area (TPSA) is 166 Å². The maximum atomic E-state index is 12.7. The van der Waals surface area contributed by atoms with Crippen molar-refractivity contribution in [3.63, 3.8) is 0 Å². The third-order valence-electron chi connectivity index (χ3n) is 10.6. The molecule has 0 amide bonds. The summed E-state index contributed by atoms with van der Waals surface area (Å²) in [5, 5.41) is 23.6. The highest BCUT2D eigenvalue weighted by Crippen LogP contribution is 2.50. The number of aliphatic hydroxyl groups is 2. The summed E-state index contributed by atoms with van der Waals surface area (Å²) in [7, 11) is 0. The minimum atomic E-state index is -1.78. The molecule has 0 fully saturated rings. The number of hydrogen-bond donors (Lipinski definition) is 2. The summed E-state index contributed by atoms with van der Waals surface area (Å²) in [6, 6.07) is 31.3. The number of allylic oxidation sites excluding steroid dienone is 5. The summed E-state index contributed by atoms with van der Waals surface area (Å²) in [5.74, 6) is -1.35. The number of aliphatic hydroxyl groups excluding tert-OH is 2. The molecule has 13 heteroatoms. The van der Waals surface area contributed by atoms with E-state index in [9.17, 15) is 24.6 Å². The van der Waals surface area contributed by atoms with Crippen molar-refractivity contribution in [3.05, 3.63) is 206 Å². The first kappa shape index (κ1) is 53.7. The van der Waals surface area contributed by atoms with Crippen LogP contribution in [0.1, 0.15) is 60.3 Å². The largest absolute Gasteiger partial charge is 0.487 e. The first-order valence-corrected chi connectivity index (χ1v) is 23.3. The molecule has 2 unspecified atom stereocenters. The molecule has 0 radical (unpaired) electrons. The van der Waals surface area contributed by atoms with Crippen molar-refractivity contribution in [2.75, 3.05) is 6.61 Å². The van der Waals surface area contributed by atoms with Crippen LogP contribution in [0.5, 0.6) is 69.0 Å². The van der Waals surface area contributed by atoms with Gasteiger partial charge >= 0.3 is 17.9 Å². The predicted octanol–water partition coefficient (Wildman–Crippen LogP) is 12.7. The fraction of sp³-hybridized carbons (Fsp3) is 0.183. The molecule has 0 spiro atoms. The van der Waals surface area contributed by atoms with Gasteiger partial charge in [0, 0.05) is 20.8 Å². The van der Waals surface area contributed by atoms with Gasteiger partial charge in [0.2, 0.25) is 17.2 Å². The van der Waals surface area contributed by atoms with Crippen molar-refractivity contribution in [1.29, 1.82) is 0 Å². The minimum Gasteiger partial charge on any atom is -0.487 e. The van der Waals surface area contributed by atoms with Gasteiger partial charge in [-0.05, 0) is 138 Å². The average Bonchev–Trinajstić information content (AvgIpc) is 3.35. The van der Waals surface area contributed by atoms with Crippen LogP contribution in [0.3, 0.4) is 0 Å². The summed E-state index contributed by atoms with van der Waals surface area (Å²) >= 11 is 0. The Morgan fingerprint density at radius 1 is 0.425 bits per heavy atom. The maximum absolute atomic E-state index is 12.7. The molecule has 2 N–H and O–H groups in total. The molecule has 0 aliphatic rings. The molecule has 13 nitrogen and oxygen atoms in total. The quantitative estimate of drug-likeness (QED) is 0.0300. The van der Waals surface area contributed by atoms with Gasteiger partial charge in [-0.3, -0.25) is 14.4 Å². The minimum absolute atomic E-state index is 0.0157. The van der Waals surface area contributed by atoms with Crippen molar-refractivity contribution >= 4 is 17.9 Å². The number of rotatable bonds is 26. The molecule has 73 heavy (non-hydrogen) atoms. The highest BCUT2D eigenvalue weighted by atomic mass is 16.6. The Balaban J connectivity index is 1.42. The SMILES string of the molecule is C=CCc1ccc(Oc2cc(CC=C)cc(OCC(O)C(O)c3cc(OC(C)=O)c(OC(C)=O)c(Oc4cc(CC=C)cc(Oc5ccc(CC=C)cc5)c4Oc4ccc(CC=C)cc4)c3)c2OC(C)=O)cc1. The van der Waals surface area contributed by atoms with Crippen LogP contribution in [0, 0.1) is 0 Å². The lowest BCUT2D eigenvalue weighted by Gasteiger charge is -2.23. The first-order chi connectivity index (χ1) is 35.2. The number of esters is 3. The van der Waals surface area contributed by atoms with Crippen LogP contribution in [-0.4, -0.2) is 40.8 Å². The second-order valence-electron chi connectivity index (χ2n) is 16.6. The van der Waals surface area contributed by atoms with Crippen molar-refractivity contribution in [2.45, 2.75) is 65.1 Å². The molecule has 0 aliphatic carbocycles. The number of carbonyl (C=O) groups is 3. The smallest absolute Gasteiger partial charge is 0.308 e. The molecule has 0 bridgehead atoms. The van der Waals surface area contributed by atoms with E-state index in [2.05, 4.69) is 32.9 Å². The monoisotopic (exact) mass is 986 g/mol. The van der Waals surface area contributed by atoms with E-state index in [0.717, 1.165) is 30.5 Å². The molecule has 6 aromatic carbocycles. The Morgan fingerprint density at radius 2 is 0.767 bits per heavy atom. The average molecular weight is 987 g/mol. The lowest BCUT2D eigenvalue weighted by molar-refractivity contribution is -0.134. The molecule has 0 saturated carbocycles. The molecular formula is C60H58O13. The molecule has 0 saturated heterocycles. The van der Waals surface area contributed by atoms with E-state index in [4.69, 9.17) is 37.9 Å². The summed E-state index contributed by atoms with van der Waals surface area (Å²) < 4.78 is 48.9. The van der Waals surface area contributed by atoms with Gasteiger partial charge in [0.1, 0.15) is 36.1 Å². The number of benzene rings is 6. The molecule has 0 aliphatic heterocycles. The highest BCUT2D eigenvalue weighted by Gasteiger charge is 2.29. The lowest BCUT2D eigenvalue weighted by Crippen LogP contribution is -2.26. The molecule has 6 rings (SSSR count). The Labute approximate surface area is 425 Å². The normalized spacial score (nSPS) is 11.5. The van der Waals surface area contributed by atoms with E-state index in [1.807, 2.05) is 48.5 Å².